The minimum absolute atomic E-state index is 0.0000343. The Morgan fingerprint density at radius 3 is 2.06 bits per heavy atom. The number of carbonyl (C=O) groups is 2. The molecule has 0 aliphatic heterocycles. The number of carboxylic acid groups (broad SMARTS) is 1. The number of nitrogens with zero attached hydrogens (tertiary/aromatic N) is 5. The van der Waals surface area contributed by atoms with Crippen LogP contribution in [0.3, 0.4) is 0 Å². The van der Waals surface area contributed by atoms with Gasteiger partial charge in [0, 0.05) is 18.3 Å². The Balaban J connectivity index is 1.25. The molecule has 2 aromatic carbocycles. The third kappa shape index (κ3) is 12.0. The second kappa shape index (κ2) is 20.6. The van der Waals surface area contributed by atoms with E-state index in [2.05, 4.69) is 46.0 Å². The summed E-state index contributed by atoms with van der Waals surface area (Å²) in [7, 11) is 0. The van der Waals surface area contributed by atoms with Crippen LogP contribution in [0.15, 0.2) is 52.7 Å². The average molecular weight is 692 g/mol. The highest BCUT2D eigenvalue weighted by atomic mass is 32.1. The normalized spacial score (nSPS) is 11.1. The van der Waals surface area contributed by atoms with Gasteiger partial charge in [-0.1, -0.05) is 12.1 Å². The third-order valence-corrected chi connectivity index (χ3v) is 8.20. The Bertz CT molecular complexity index is 1660. The first-order valence-corrected chi connectivity index (χ1v) is 16.5. The van der Waals surface area contributed by atoms with Gasteiger partial charge in [-0.3, -0.25) is 0 Å². The van der Waals surface area contributed by atoms with Gasteiger partial charge in [0.25, 0.3) is 0 Å². The van der Waals surface area contributed by atoms with Gasteiger partial charge in [-0.15, -0.1) is 11.3 Å². The molecule has 0 fully saturated rings. The standard InChI is InChI=1S/C35H41N5O8S/c1-24(2)40(27-10-11-30(25(3)22-27)38-39-33-32(37-5)26(4)31(23-36)49-33)12-13-44-14-15-45-16-17-46-18-19-47-20-21-48-35(43)29-9-7-6-8-28(29)34(41)42/h6-11,22,24H,12-21H2,1-4H3,(H,41,42). The predicted octanol–water partition coefficient (Wildman–Crippen LogP) is 7.04. The quantitative estimate of drug-likeness (QED) is 0.0532. The molecule has 0 aliphatic rings. The van der Waals surface area contributed by atoms with Crippen molar-refractivity contribution in [3.63, 3.8) is 0 Å². The van der Waals surface area contributed by atoms with Crippen LogP contribution in [0.2, 0.25) is 0 Å². The number of aromatic carboxylic acids is 1. The Labute approximate surface area is 290 Å². The molecule has 3 aromatic rings. The summed E-state index contributed by atoms with van der Waals surface area (Å²) in [6.45, 7) is 19.1. The molecule has 0 saturated carbocycles. The van der Waals surface area contributed by atoms with E-state index in [1.54, 1.807) is 19.1 Å². The van der Waals surface area contributed by atoms with E-state index < -0.39 is 11.9 Å². The molecule has 14 heteroatoms. The summed E-state index contributed by atoms with van der Waals surface area (Å²) in [5, 5.41) is 27.5. The molecule has 0 radical (unpaired) electrons. The van der Waals surface area contributed by atoms with Crippen molar-refractivity contribution in [1.82, 2.24) is 0 Å². The molecule has 49 heavy (non-hydrogen) atoms. The Morgan fingerprint density at radius 1 is 0.918 bits per heavy atom. The number of rotatable bonds is 21. The smallest absolute Gasteiger partial charge is 0.339 e. The van der Waals surface area contributed by atoms with Gasteiger partial charge in [0.1, 0.15) is 17.7 Å². The fourth-order valence-corrected chi connectivity index (χ4v) is 5.42. The molecule has 260 valence electrons. The minimum Gasteiger partial charge on any atom is -0.478 e. The van der Waals surface area contributed by atoms with Crippen molar-refractivity contribution in [2.45, 2.75) is 33.7 Å². The van der Waals surface area contributed by atoms with E-state index >= 15 is 0 Å². The molecule has 1 N–H and O–H groups in total. The number of ether oxygens (including phenoxy) is 5. The van der Waals surface area contributed by atoms with Gasteiger partial charge in [-0.05, 0) is 69.2 Å². The number of thiophene rings is 1. The van der Waals surface area contributed by atoms with Gasteiger partial charge in [-0.25, -0.2) is 14.4 Å². The second-order valence-corrected chi connectivity index (χ2v) is 11.8. The Kier molecular flexibility index (Phi) is 16.3. The zero-order valence-corrected chi connectivity index (χ0v) is 29.0. The first kappa shape index (κ1) is 38.7. The lowest BCUT2D eigenvalue weighted by molar-refractivity contribution is -0.00853. The summed E-state index contributed by atoms with van der Waals surface area (Å²) in [6.07, 6.45) is 0. The summed E-state index contributed by atoms with van der Waals surface area (Å²) in [5.74, 6) is -1.90. The Morgan fingerprint density at radius 2 is 1.51 bits per heavy atom. The van der Waals surface area contributed by atoms with Crippen LogP contribution in [-0.2, 0) is 23.7 Å². The summed E-state index contributed by atoms with van der Waals surface area (Å²) in [5.41, 5.74) is 3.57. The van der Waals surface area contributed by atoms with E-state index in [1.807, 2.05) is 19.1 Å². The van der Waals surface area contributed by atoms with Gasteiger partial charge < -0.3 is 33.7 Å². The predicted molar refractivity (Wildman–Crippen MR) is 185 cm³/mol. The van der Waals surface area contributed by atoms with Crippen molar-refractivity contribution in [2.24, 2.45) is 10.2 Å². The molecule has 0 spiro atoms. The molecule has 0 amide bonds. The molecule has 0 atom stereocenters. The lowest BCUT2D eigenvalue weighted by atomic mass is 10.1. The largest absolute Gasteiger partial charge is 0.478 e. The Hall–Kier alpha value is -4.70. The fourth-order valence-electron chi connectivity index (χ4n) is 4.55. The highest BCUT2D eigenvalue weighted by Gasteiger charge is 2.17. The van der Waals surface area contributed by atoms with Crippen LogP contribution in [-0.4, -0.2) is 89.1 Å². The molecular formula is C35H41N5O8S. The number of aryl methyl sites for hydroxylation is 1. The summed E-state index contributed by atoms with van der Waals surface area (Å²) >= 11 is 1.17. The second-order valence-electron chi connectivity index (χ2n) is 10.8. The van der Waals surface area contributed by atoms with Crippen molar-refractivity contribution in [1.29, 1.82) is 5.26 Å². The van der Waals surface area contributed by atoms with Crippen LogP contribution < -0.4 is 4.90 Å². The molecule has 1 heterocycles. The van der Waals surface area contributed by atoms with Crippen molar-refractivity contribution in [2.75, 3.05) is 70.9 Å². The maximum Gasteiger partial charge on any atom is 0.339 e. The monoisotopic (exact) mass is 691 g/mol. The molecule has 0 unspecified atom stereocenters. The number of anilines is 1. The number of carbonyl (C=O) groups excluding carboxylic acids is 1. The zero-order valence-electron chi connectivity index (χ0n) is 28.1. The summed E-state index contributed by atoms with van der Waals surface area (Å²) in [4.78, 5) is 29.6. The van der Waals surface area contributed by atoms with E-state index in [-0.39, 0.29) is 30.4 Å². The number of esters is 1. The van der Waals surface area contributed by atoms with Crippen LogP contribution in [0.5, 0.6) is 0 Å². The molecule has 0 bridgehead atoms. The van der Waals surface area contributed by atoms with Crippen LogP contribution in [0.1, 0.15) is 50.6 Å². The van der Waals surface area contributed by atoms with E-state index in [0.29, 0.717) is 79.6 Å². The highest BCUT2D eigenvalue weighted by Crippen LogP contribution is 2.42. The minimum atomic E-state index is -1.19. The van der Waals surface area contributed by atoms with E-state index in [1.165, 1.54) is 23.5 Å². The maximum atomic E-state index is 12.1. The van der Waals surface area contributed by atoms with Crippen molar-refractivity contribution in [3.8, 4) is 6.07 Å². The van der Waals surface area contributed by atoms with Gasteiger partial charge >= 0.3 is 11.9 Å². The first-order valence-electron chi connectivity index (χ1n) is 15.7. The van der Waals surface area contributed by atoms with Crippen LogP contribution >= 0.6 is 11.3 Å². The molecule has 0 saturated heterocycles. The lowest BCUT2D eigenvalue weighted by Crippen LogP contribution is -2.34. The lowest BCUT2D eigenvalue weighted by Gasteiger charge is -2.29. The van der Waals surface area contributed by atoms with E-state index in [0.717, 1.165) is 11.3 Å². The maximum absolute atomic E-state index is 12.1. The van der Waals surface area contributed by atoms with Crippen LogP contribution in [0.4, 0.5) is 22.1 Å². The molecular weight excluding hydrogens is 650 g/mol. The zero-order chi connectivity index (χ0) is 35.6. The number of hydrogen-bond donors (Lipinski definition) is 1. The number of carboxylic acids is 1. The van der Waals surface area contributed by atoms with Gasteiger partial charge in [0.05, 0.1) is 81.1 Å². The van der Waals surface area contributed by atoms with Crippen molar-refractivity contribution >= 4 is 45.3 Å². The molecule has 13 nitrogen and oxygen atoms in total. The number of nitriles is 1. The topological polar surface area (TPSA) is 157 Å². The molecule has 1 aromatic heterocycles. The number of hydrogen-bond acceptors (Lipinski definition) is 12. The van der Waals surface area contributed by atoms with Gasteiger partial charge in [-0.2, -0.15) is 15.5 Å². The van der Waals surface area contributed by atoms with Gasteiger partial charge in [0.15, 0.2) is 0 Å². The first-order chi connectivity index (χ1) is 23.7. The fraction of sp³-hybridized carbons (Fsp3) is 0.429. The summed E-state index contributed by atoms with van der Waals surface area (Å²) in [6, 6.07) is 14.2. The highest BCUT2D eigenvalue weighted by molar-refractivity contribution is 7.17. The van der Waals surface area contributed by atoms with E-state index in [9.17, 15) is 20.0 Å². The van der Waals surface area contributed by atoms with E-state index in [4.69, 9.17) is 30.3 Å². The summed E-state index contributed by atoms with van der Waals surface area (Å²) < 4.78 is 27.3. The van der Waals surface area contributed by atoms with Crippen molar-refractivity contribution in [3.05, 3.63) is 81.0 Å². The number of azo groups is 1. The van der Waals surface area contributed by atoms with Crippen LogP contribution in [0.25, 0.3) is 4.85 Å². The van der Waals surface area contributed by atoms with Crippen molar-refractivity contribution < 1.29 is 38.4 Å². The van der Waals surface area contributed by atoms with Gasteiger partial charge in [0.2, 0.25) is 5.69 Å². The number of benzene rings is 2. The third-order valence-electron chi connectivity index (χ3n) is 7.13. The molecule has 0 aliphatic carbocycles. The van der Waals surface area contributed by atoms with Crippen LogP contribution in [0, 0.1) is 31.8 Å². The molecule has 3 rings (SSSR count). The average Bonchev–Trinajstić information content (AvgIpc) is 3.40. The SMILES string of the molecule is [C-]#[N+]c1c(N=Nc2ccc(N(CCOCCOCCOCCOCCOC(=O)c3ccccc3C(=O)O)C(C)C)cc2C)sc(C#N)c1C.